The van der Waals surface area contributed by atoms with Crippen LogP contribution in [0.15, 0.2) is 24.2 Å². The van der Waals surface area contributed by atoms with E-state index in [1.807, 2.05) is 27.7 Å². The van der Waals surface area contributed by atoms with Gasteiger partial charge in [-0.1, -0.05) is 24.2 Å². The Morgan fingerprint density at radius 3 is 2.39 bits per heavy atom. The van der Waals surface area contributed by atoms with Crippen LogP contribution in [-0.2, 0) is 20.7 Å². The number of benzene rings is 1. The molecular weight excluding hydrogens is 227 g/mol. The Bertz CT molecular complexity index is 588. The van der Waals surface area contributed by atoms with Crippen molar-refractivity contribution >= 4 is 12.6 Å². The van der Waals surface area contributed by atoms with E-state index in [9.17, 15) is 0 Å². The molecule has 0 spiro atoms. The highest BCUT2D eigenvalue weighted by Crippen LogP contribution is 2.36. The minimum Gasteiger partial charge on any atom is -0.399 e. The maximum atomic E-state index is 8.29. The van der Waals surface area contributed by atoms with Gasteiger partial charge in [0.25, 0.3) is 0 Å². The smallest absolute Gasteiger partial charge is 0.399 e. The van der Waals surface area contributed by atoms with Gasteiger partial charge in [0.05, 0.1) is 23.3 Å². The summed E-state index contributed by atoms with van der Waals surface area (Å²) >= 11 is 0. The monoisotopic (exact) mass is 252 g/mol. The average molecular weight is 252 g/mol. The molecule has 0 radical (unpaired) electrons. The molecule has 1 aromatic carbocycles. The molecule has 0 atom stereocenters. The Balaban J connectivity index is 2.58. The lowest BCUT2D eigenvalue weighted by Crippen LogP contribution is -2.41. The van der Waals surface area contributed by atoms with E-state index in [0.717, 1.165) is 0 Å². The summed E-state index contributed by atoms with van der Waals surface area (Å²) < 4.78 is 49.0. The van der Waals surface area contributed by atoms with Crippen molar-refractivity contribution in [3.05, 3.63) is 29.7 Å². The van der Waals surface area contributed by atoms with Crippen molar-refractivity contribution in [1.29, 1.82) is 0 Å². The zero-order chi connectivity index (χ0) is 16.9. The Morgan fingerprint density at radius 1 is 1.22 bits per heavy atom. The van der Waals surface area contributed by atoms with E-state index in [4.69, 9.17) is 19.5 Å². The van der Waals surface area contributed by atoms with E-state index in [1.165, 1.54) is 7.11 Å². The Labute approximate surface area is 115 Å². The molecule has 0 aromatic heterocycles. The first-order valence-corrected chi connectivity index (χ1v) is 5.97. The van der Waals surface area contributed by atoms with E-state index in [1.54, 1.807) is 0 Å². The molecule has 98 valence electrons. The van der Waals surface area contributed by atoms with Crippen molar-refractivity contribution < 1.29 is 19.5 Å². The molecule has 0 N–H and O–H groups in total. The summed E-state index contributed by atoms with van der Waals surface area (Å²) in [5.41, 5.74) is -0.737. The van der Waals surface area contributed by atoms with Gasteiger partial charge in [0.2, 0.25) is 0 Å². The molecule has 4 heteroatoms. The number of methoxy groups -OCH3 is 1. The van der Waals surface area contributed by atoms with Crippen molar-refractivity contribution in [3.8, 4) is 0 Å². The number of ether oxygens (including phenoxy) is 1. The predicted molar refractivity (Wildman–Crippen MR) is 72.9 cm³/mol. The largest absolute Gasteiger partial charge is 0.494 e. The summed E-state index contributed by atoms with van der Waals surface area (Å²) in [6.07, 6.45) is 0. The van der Waals surface area contributed by atoms with Crippen LogP contribution in [0.5, 0.6) is 0 Å². The molecule has 1 saturated heterocycles. The van der Waals surface area contributed by atoms with E-state index >= 15 is 0 Å². The van der Waals surface area contributed by atoms with Crippen LogP contribution in [0.25, 0.3) is 0 Å². The normalized spacial score (nSPS) is 24.4. The number of hydrogen-bond donors (Lipinski definition) is 0. The molecule has 1 aliphatic heterocycles. The van der Waals surface area contributed by atoms with Crippen molar-refractivity contribution in [2.24, 2.45) is 0 Å². The molecule has 2 rings (SSSR count). The number of hydrogen-bond acceptors (Lipinski definition) is 3. The van der Waals surface area contributed by atoms with Crippen LogP contribution >= 0.6 is 0 Å². The zero-order valence-electron chi connectivity index (χ0n) is 15.5. The van der Waals surface area contributed by atoms with Crippen molar-refractivity contribution in [2.75, 3.05) is 7.11 Å². The van der Waals surface area contributed by atoms with E-state index in [2.05, 4.69) is 0 Å². The molecule has 0 saturated carbocycles. The van der Waals surface area contributed by atoms with Crippen LogP contribution in [-0.4, -0.2) is 25.4 Å². The molecular formula is C14H21BO3. The first-order chi connectivity index (χ1) is 10.0. The van der Waals surface area contributed by atoms with E-state index in [-0.39, 0.29) is 41.8 Å². The fourth-order valence-electron chi connectivity index (χ4n) is 1.69. The molecule has 0 aliphatic carbocycles. The maximum Gasteiger partial charge on any atom is 0.494 e. The van der Waals surface area contributed by atoms with Crippen molar-refractivity contribution in [2.45, 2.75) is 45.5 Å². The zero-order valence-corrected chi connectivity index (χ0v) is 11.5. The van der Waals surface area contributed by atoms with Gasteiger partial charge < -0.3 is 14.0 Å². The highest BCUT2D eigenvalue weighted by Gasteiger charge is 2.51. The summed E-state index contributed by atoms with van der Waals surface area (Å²) in [4.78, 5) is 0. The van der Waals surface area contributed by atoms with Crippen LogP contribution < -0.4 is 5.46 Å². The third-order valence-electron chi connectivity index (χ3n) is 3.47. The molecule has 1 heterocycles. The minimum atomic E-state index is -0.898. The highest BCUT2D eigenvalue weighted by atomic mass is 16.7. The quantitative estimate of drug-likeness (QED) is 0.771. The fourth-order valence-corrected chi connectivity index (χ4v) is 1.69. The van der Waals surface area contributed by atoms with Gasteiger partial charge in [0.15, 0.2) is 0 Å². The third-order valence-corrected chi connectivity index (χ3v) is 3.47. The number of rotatable bonds is 3. The van der Waals surface area contributed by atoms with Crippen LogP contribution in [0.3, 0.4) is 0 Å². The molecule has 1 aromatic rings. The molecule has 0 bridgehead atoms. The van der Waals surface area contributed by atoms with Gasteiger partial charge in [-0.15, -0.1) is 0 Å². The van der Waals surface area contributed by atoms with Gasteiger partial charge in [-0.3, -0.25) is 0 Å². The lowest BCUT2D eigenvalue weighted by molar-refractivity contribution is 0.00578. The summed E-state index contributed by atoms with van der Waals surface area (Å²) in [5.74, 6) is 0. The lowest BCUT2D eigenvalue weighted by atomic mass is 9.78. The van der Waals surface area contributed by atoms with Crippen LogP contribution in [0, 0.1) is 0 Å². The summed E-state index contributed by atoms with van der Waals surface area (Å²) in [5, 5.41) is 0. The Kier molecular flexibility index (Phi) is 2.38. The second kappa shape index (κ2) is 4.69. The molecule has 0 amide bonds. The molecule has 1 aliphatic rings. The Morgan fingerprint density at radius 2 is 1.83 bits per heavy atom. The molecule has 0 unspecified atom stereocenters. The first kappa shape index (κ1) is 9.13. The molecule has 18 heavy (non-hydrogen) atoms. The molecule has 1 fully saturated rings. The van der Waals surface area contributed by atoms with Crippen LogP contribution in [0.4, 0.5) is 0 Å². The average Bonchev–Trinajstić information content (AvgIpc) is 2.61. The van der Waals surface area contributed by atoms with Gasteiger partial charge in [0, 0.05) is 7.11 Å². The van der Waals surface area contributed by atoms with Gasteiger partial charge in [0.1, 0.15) is 0 Å². The fraction of sp³-hybridized carbons (Fsp3) is 0.571. The van der Waals surface area contributed by atoms with Crippen LogP contribution in [0.2, 0.25) is 0 Å². The third kappa shape index (κ3) is 2.46. The lowest BCUT2D eigenvalue weighted by Gasteiger charge is -2.32. The van der Waals surface area contributed by atoms with Crippen molar-refractivity contribution in [1.82, 2.24) is 0 Å². The first-order valence-electron chi connectivity index (χ1n) is 7.97. The van der Waals surface area contributed by atoms with E-state index in [0.29, 0.717) is 0 Å². The molecule has 3 nitrogen and oxygen atoms in total. The van der Waals surface area contributed by atoms with Gasteiger partial charge >= 0.3 is 7.12 Å². The second-order valence-electron chi connectivity index (χ2n) is 5.41. The van der Waals surface area contributed by atoms with Gasteiger partial charge in [-0.25, -0.2) is 0 Å². The second-order valence-corrected chi connectivity index (χ2v) is 5.41. The summed E-state index contributed by atoms with van der Waals surface area (Å²) in [6, 6.07) is -0.621. The maximum absolute atomic E-state index is 8.29. The predicted octanol–water partition coefficient (Wildman–Crippen LogP) is 2.13. The standard InChI is InChI=1S/C14H21BO3/c1-13(2)14(3,4)18-15(17-13)12-8-6-7-11(9-12)10-16-5/h6-9H,10H2,1-5H3/i6D,7D,8D,9D. The highest BCUT2D eigenvalue weighted by molar-refractivity contribution is 6.62. The van der Waals surface area contributed by atoms with E-state index < -0.39 is 18.3 Å². The van der Waals surface area contributed by atoms with Gasteiger partial charge in [-0.05, 0) is 38.7 Å². The topological polar surface area (TPSA) is 27.7 Å². The summed E-state index contributed by atoms with van der Waals surface area (Å²) in [6.45, 7) is 7.58. The SMILES string of the molecule is [2H]c1c([2H])c(COC)c([2H])c(B2OC(C)(C)C(C)(C)O2)c1[2H]. The van der Waals surface area contributed by atoms with Crippen LogP contribution in [0.1, 0.15) is 38.7 Å². The van der Waals surface area contributed by atoms with Crippen molar-refractivity contribution in [3.63, 3.8) is 0 Å². The Hall–Kier alpha value is -0.835. The minimum absolute atomic E-state index is 0.0219. The van der Waals surface area contributed by atoms with Gasteiger partial charge in [-0.2, -0.15) is 0 Å². The summed E-state index contributed by atoms with van der Waals surface area (Å²) in [7, 11) is 0.566.